The lowest BCUT2D eigenvalue weighted by Gasteiger charge is -2.40. The molecule has 9 heteroatoms. The molecule has 1 aromatic heterocycles. The second kappa shape index (κ2) is 10.1. The van der Waals surface area contributed by atoms with Crippen LogP contribution in [0.25, 0.3) is 0 Å². The molecular weight excluding hydrogens is 386 g/mol. The van der Waals surface area contributed by atoms with Gasteiger partial charge in [0.15, 0.2) is 5.16 Å². The van der Waals surface area contributed by atoms with Crippen LogP contribution in [0.1, 0.15) is 40.5 Å². The zero-order chi connectivity index (χ0) is 20.0. The van der Waals surface area contributed by atoms with Crippen LogP contribution in [0.15, 0.2) is 11.2 Å². The van der Waals surface area contributed by atoms with E-state index in [-0.39, 0.29) is 29.7 Å². The van der Waals surface area contributed by atoms with E-state index in [1.54, 1.807) is 6.07 Å². The summed E-state index contributed by atoms with van der Waals surface area (Å²) in [5, 5.41) is 3.76. The molecule has 0 saturated carbocycles. The minimum absolute atomic E-state index is 0.0419. The summed E-state index contributed by atoms with van der Waals surface area (Å²) in [4.78, 5) is 36.8. The number of piperazine rings is 1. The lowest BCUT2D eigenvalue weighted by molar-refractivity contribution is -0.133. The zero-order valence-corrected chi connectivity index (χ0v) is 17.9. The van der Waals surface area contributed by atoms with Crippen LogP contribution in [0.2, 0.25) is 5.15 Å². The molecule has 0 bridgehead atoms. The SMILES string of the molecule is CCC(=O)N1CCN(c2cc(Cl)nc(SCC(=O)NC(C)CC)n2)CC1C. The molecule has 0 radical (unpaired) electrons. The quantitative estimate of drug-likeness (QED) is 0.420. The molecule has 1 N–H and O–H groups in total. The summed E-state index contributed by atoms with van der Waals surface area (Å²) in [5.74, 6) is 1.11. The van der Waals surface area contributed by atoms with Gasteiger partial charge in [-0.1, -0.05) is 37.2 Å². The Balaban J connectivity index is 2.01. The van der Waals surface area contributed by atoms with Gasteiger partial charge < -0.3 is 15.1 Å². The van der Waals surface area contributed by atoms with Crippen LogP contribution < -0.4 is 10.2 Å². The van der Waals surface area contributed by atoms with Gasteiger partial charge in [0, 0.05) is 44.2 Å². The van der Waals surface area contributed by atoms with Crippen molar-refractivity contribution >= 4 is 41.0 Å². The van der Waals surface area contributed by atoms with Gasteiger partial charge in [-0.3, -0.25) is 9.59 Å². The molecule has 27 heavy (non-hydrogen) atoms. The van der Waals surface area contributed by atoms with Crippen molar-refractivity contribution in [1.82, 2.24) is 20.2 Å². The number of nitrogens with one attached hydrogen (secondary N) is 1. The Bertz CT molecular complexity index is 675. The highest BCUT2D eigenvalue weighted by Gasteiger charge is 2.27. The number of amides is 2. The van der Waals surface area contributed by atoms with Gasteiger partial charge in [0.1, 0.15) is 11.0 Å². The molecule has 1 aromatic rings. The molecule has 2 unspecified atom stereocenters. The monoisotopic (exact) mass is 413 g/mol. The van der Waals surface area contributed by atoms with E-state index in [2.05, 4.69) is 20.2 Å². The number of thioether (sulfide) groups is 1. The number of carbonyl (C=O) groups is 2. The Morgan fingerprint density at radius 1 is 1.37 bits per heavy atom. The average Bonchev–Trinajstić information content (AvgIpc) is 2.65. The van der Waals surface area contributed by atoms with Crippen molar-refractivity contribution in [2.45, 2.75) is 57.8 Å². The maximum Gasteiger partial charge on any atom is 0.230 e. The second-order valence-corrected chi connectivity index (χ2v) is 8.06. The molecule has 150 valence electrons. The van der Waals surface area contributed by atoms with Gasteiger partial charge in [0.25, 0.3) is 0 Å². The van der Waals surface area contributed by atoms with E-state index in [4.69, 9.17) is 11.6 Å². The van der Waals surface area contributed by atoms with E-state index in [1.807, 2.05) is 32.6 Å². The van der Waals surface area contributed by atoms with Gasteiger partial charge in [-0.2, -0.15) is 0 Å². The van der Waals surface area contributed by atoms with Crippen LogP contribution in [0.3, 0.4) is 0 Å². The molecule has 1 fully saturated rings. The molecule has 0 spiro atoms. The van der Waals surface area contributed by atoms with Gasteiger partial charge in [-0.15, -0.1) is 0 Å². The summed E-state index contributed by atoms with van der Waals surface area (Å²) in [7, 11) is 0. The fourth-order valence-electron chi connectivity index (χ4n) is 2.90. The highest BCUT2D eigenvalue weighted by Crippen LogP contribution is 2.24. The highest BCUT2D eigenvalue weighted by molar-refractivity contribution is 7.99. The van der Waals surface area contributed by atoms with Gasteiger partial charge in [0.05, 0.1) is 5.75 Å². The molecule has 0 aliphatic carbocycles. The molecule has 7 nitrogen and oxygen atoms in total. The molecule has 2 atom stereocenters. The third-order valence-corrected chi connectivity index (χ3v) is 5.63. The number of halogens is 1. The molecular formula is C18H28ClN5O2S. The second-order valence-electron chi connectivity index (χ2n) is 6.73. The lowest BCUT2D eigenvalue weighted by Crippen LogP contribution is -2.54. The number of nitrogens with zero attached hydrogens (tertiary/aromatic N) is 4. The van der Waals surface area contributed by atoms with Gasteiger partial charge >= 0.3 is 0 Å². The first-order valence-electron chi connectivity index (χ1n) is 9.35. The fraction of sp³-hybridized carbons (Fsp3) is 0.667. The van der Waals surface area contributed by atoms with E-state index in [1.165, 1.54) is 11.8 Å². The summed E-state index contributed by atoms with van der Waals surface area (Å²) >= 11 is 7.45. The molecule has 1 aliphatic heterocycles. The maximum absolute atomic E-state index is 12.0. The lowest BCUT2D eigenvalue weighted by atomic mass is 10.1. The predicted octanol–water partition coefficient (Wildman–Crippen LogP) is 2.58. The first-order chi connectivity index (χ1) is 12.8. The van der Waals surface area contributed by atoms with Crippen LogP contribution >= 0.6 is 23.4 Å². The number of hydrogen-bond acceptors (Lipinski definition) is 6. The van der Waals surface area contributed by atoms with Crippen molar-refractivity contribution in [1.29, 1.82) is 0 Å². The Morgan fingerprint density at radius 3 is 2.74 bits per heavy atom. The van der Waals surface area contributed by atoms with Crippen molar-refractivity contribution in [3.8, 4) is 0 Å². The van der Waals surface area contributed by atoms with Crippen LogP contribution in [0.5, 0.6) is 0 Å². The summed E-state index contributed by atoms with van der Waals surface area (Å²) in [6.45, 7) is 9.97. The van der Waals surface area contributed by atoms with Crippen molar-refractivity contribution in [3.63, 3.8) is 0 Å². The third-order valence-electron chi connectivity index (χ3n) is 4.59. The van der Waals surface area contributed by atoms with E-state index in [0.29, 0.717) is 36.4 Å². The smallest absolute Gasteiger partial charge is 0.230 e. The first-order valence-corrected chi connectivity index (χ1v) is 10.7. The number of carbonyl (C=O) groups excluding carboxylic acids is 2. The minimum atomic E-state index is -0.0419. The van der Waals surface area contributed by atoms with Crippen LogP contribution in [-0.2, 0) is 9.59 Å². The minimum Gasteiger partial charge on any atom is -0.353 e. The van der Waals surface area contributed by atoms with Crippen molar-refractivity contribution in [3.05, 3.63) is 11.2 Å². The number of rotatable bonds is 7. The molecule has 1 aliphatic rings. The summed E-state index contributed by atoms with van der Waals surface area (Å²) < 4.78 is 0. The molecule has 2 rings (SSSR count). The van der Waals surface area contributed by atoms with E-state index >= 15 is 0 Å². The zero-order valence-electron chi connectivity index (χ0n) is 16.4. The number of aromatic nitrogens is 2. The van der Waals surface area contributed by atoms with E-state index in [0.717, 1.165) is 12.2 Å². The topological polar surface area (TPSA) is 78.4 Å². The predicted molar refractivity (Wildman–Crippen MR) is 109 cm³/mol. The van der Waals surface area contributed by atoms with Crippen LogP contribution in [-0.4, -0.2) is 64.2 Å². The van der Waals surface area contributed by atoms with Gasteiger partial charge in [0.2, 0.25) is 11.8 Å². The van der Waals surface area contributed by atoms with Crippen molar-refractivity contribution in [2.75, 3.05) is 30.3 Å². The number of hydrogen-bond donors (Lipinski definition) is 1. The van der Waals surface area contributed by atoms with Crippen LogP contribution in [0, 0.1) is 0 Å². The van der Waals surface area contributed by atoms with E-state index in [9.17, 15) is 9.59 Å². The van der Waals surface area contributed by atoms with Gasteiger partial charge in [-0.05, 0) is 20.3 Å². The Hall–Kier alpha value is -1.54. The summed E-state index contributed by atoms with van der Waals surface area (Å²) in [6, 6.07) is 1.99. The molecule has 2 amide bonds. The average molecular weight is 414 g/mol. The third kappa shape index (κ3) is 6.24. The fourth-order valence-corrected chi connectivity index (χ4v) is 3.79. The largest absolute Gasteiger partial charge is 0.353 e. The number of anilines is 1. The van der Waals surface area contributed by atoms with Crippen molar-refractivity contribution in [2.24, 2.45) is 0 Å². The molecule has 2 heterocycles. The summed E-state index contributed by atoms with van der Waals surface area (Å²) in [6.07, 6.45) is 1.40. The Morgan fingerprint density at radius 2 is 2.11 bits per heavy atom. The maximum atomic E-state index is 12.0. The van der Waals surface area contributed by atoms with Crippen molar-refractivity contribution < 1.29 is 9.59 Å². The highest BCUT2D eigenvalue weighted by atomic mass is 35.5. The standard InChI is InChI=1S/C18H28ClN5O2S/c1-5-12(3)20-16(25)11-27-18-21-14(19)9-15(22-18)23-7-8-24(13(4)10-23)17(26)6-2/h9,12-13H,5-8,10-11H2,1-4H3,(H,20,25). The molecule has 1 saturated heterocycles. The first kappa shape index (κ1) is 21.8. The molecule has 0 aromatic carbocycles. The van der Waals surface area contributed by atoms with E-state index < -0.39 is 0 Å². The Labute approximate surface area is 170 Å². The Kier molecular flexibility index (Phi) is 8.16. The van der Waals surface area contributed by atoms with Crippen LogP contribution in [0.4, 0.5) is 5.82 Å². The normalized spacial score (nSPS) is 18.3. The van der Waals surface area contributed by atoms with Gasteiger partial charge in [-0.25, -0.2) is 9.97 Å². The summed E-state index contributed by atoms with van der Waals surface area (Å²) in [5.41, 5.74) is 0.